The van der Waals surface area contributed by atoms with E-state index in [4.69, 9.17) is 28.0 Å². The molecule has 56 heavy (non-hydrogen) atoms. The SMILES string of the molecule is C[N+](C)(C)Cc1ccccc1O[C@@H]1O[C@@H]2COC(c3ccccc3)O[C@H]2[C@H](OP(c2ccccc2)c2ccccc2)[C@H]1OP(c1ccccc1)c1ccccc1. The van der Waals surface area contributed by atoms with Gasteiger partial charge in [-0.25, -0.2) is 0 Å². The first-order chi connectivity index (χ1) is 27.4. The summed E-state index contributed by atoms with van der Waals surface area (Å²) in [7, 11) is 3.82. The van der Waals surface area contributed by atoms with Crippen LogP contribution in [0.2, 0.25) is 0 Å². The van der Waals surface area contributed by atoms with E-state index in [1.165, 1.54) is 0 Å². The number of hydrogen-bond acceptors (Lipinski definition) is 6. The minimum atomic E-state index is -1.37. The number of nitrogens with zero attached hydrogens (tertiary/aromatic N) is 1. The lowest BCUT2D eigenvalue weighted by Crippen LogP contribution is -2.64. The van der Waals surface area contributed by atoms with Gasteiger partial charge >= 0.3 is 0 Å². The third-order valence-electron chi connectivity index (χ3n) is 9.63. The average molecular weight is 785 g/mol. The summed E-state index contributed by atoms with van der Waals surface area (Å²) in [4.78, 5) is 0. The maximum Gasteiger partial charge on any atom is 0.229 e. The molecule has 9 heteroatoms. The third kappa shape index (κ3) is 9.30. The van der Waals surface area contributed by atoms with E-state index in [1.54, 1.807) is 0 Å². The molecule has 0 amide bonds. The molecule has 2 aliphatic heterocycles. The van der Waals surface area contributed by atoms with Gasteiger partial charge in [0.25, 0.3) is 0 Å². The Morgan fingerprint density at radius 1 is 0.536 bits per heavy atom. The van der Waals surface area contributed by atoms with E-state index >= 15 is 0 Å². The van der Waals surface area contributed by atoms with Crippen LogP contribution in [0, 0.1) is 0 Å². The summed E-state index contributed by atoms with van der Waals surface area (Å²) in [6.45, 7) is 1.05. The summed E-state index contributed by atoms with van der Waals surface area (Å²) in [5.41, 5.74) is 2.01. The largest absolute Gasteiger partial charge is 0.461 e. The molecule has 0 saturated carbocycles. The number of hydrogen-bond donors (Lipinski definition) is 0. The van der Waals surface area contributed by atoms with Gasteiger partial charge in [-0.2, -0.15) is 0 Å². The molecule has 8 rings (SSSR count). The second-order valence-corrected chi connectivity index (χ2v) is 18.6. The Hall–Kier alpha value is -4.26. The monoisotopic (exact) mass is 784 g/mol. The highest BCUT2D eigenvalue weighted by Crippen LogP contribution is 2.48. The Labute approximate surface area is 333 Å². The molecule has 6 aromatic carbocycles. The van der Waals surface area contributed by atoms with Crippen LogP contribution >= 0.6 is 16.3 Å². The molecule has 0 bridgehead atoms. The Bertz CT molecular complexity index is 2030. The van der Waals surface area contributed by atoms with Crippen molar-refractivity contribution in [1.82, 2.24) is 0 Å². The van der Waals surface area contributed by atoms with Crippen molar-refractivity contribution in [1.29, 1.82) is 0 Å². The summed E-state index contributed by atoms with van der Waals surface area (Å²) in [6.07, 6.45) is -3.90. The third-order valence-corrected chi connectivity index (χ3v) is 13.6. The van der Waals surface area contributed by atoms with Crippen LogP contribution in [0.1, 0.15) is 17.4 Å². The Morgan fingerprint density at radius 2 is 0.982 bits per heavy atom. The van der Waals surface area contributed by atoms with Crippen molar-refractivity contribution in [3.63, 3.8) is 0 Å². The predicted octanol–water partition coefficient (Wildman–Crippen LogP) is 7.98. The number of fused-ring (bicyclic) bond motifs is 1. The fourth-order valence-electron chi connectivity index (χ4n) is 7.08. The highest BCUT2D eigenvalue weighted by Gasteiger charge is 2.54. The summed E-state index contributed by atoms with van der Waals surface area (Å²) in [5, 5.41) is 4.31. The van der Waals surface area contributed by atoms with Crippen LogP contribution in [-0.4, -0.2) is 62.9 Å². The van der Waals surface area contributed by atoms with Crippen LogP contribution in [0.3, 0.4) is 0 Å². The maximum absolute atomic E-state index is 7.59. The van der Waals surface area contributed by atoms with Gasteiger partial charge in [0.1, 0.15) is 30.6 Å². The molecule has 7 nitrogen and oxygen atoms in total. The van der Waals surface area contributed by atoms with Crippen LogP contribution in [0.15, 0.2) is 176 Å². The molecule has 0 aromatic heterocycles. The number of benzene rings is 6. The average Bonchev–Trinajstić information content (AvgIpc) is 3.24. The molecule has 6 aromatic rings. The van der Waals surface area contributed by atoms with Gasteiger partial charge in [-0.3, -0.25) is 0 Å². The van der Waals surface area contributed by atoms with E-state index in [9.17, 15) is 0 Å². The predicted molar refractivity (Wildman–Crippen MR) is 225 cm³/mol. The van der Waals surface area contributed by atoms with Crippen molar-refractivity contribution >= 4 is 37.5 Å². The van der Waals surface area contributed by atoms with Crippen LogP contribution in [0.25, 0.3) is 0 Å². The maximum atomic E-state index is 7.59. The minimum absolute atomic E-state index is 0.290. The zero-order valence-electron chi connectivity index (χ0n) is 31.9. The van der Waals surface area contributed by atoms with E-state index < -0.39 is 53.3 Å². The second kappa shape index (κ2) is 17.9. The molecule has 2 heterocycles. The van der Waals surface area contributed by atoms with Gasteiger partial charge < -0.3 is 32.5 Å². The minimum Gasteiger partial charge on any atom is -0.461 e. The number of para-hydroxylation sites is 1. The van der Waals surface area contributed by atoms with Crippen LogP contribution in [-0.2, 0) is 29.8 Å². The van der Waals surface area contributed by atoms with Crippen molar-refractivity contribution in [2.75, 3.05) is 27.7 Å². The first kappa shape index (κ1) is 38.6. The van der Waals surface area contributed by atoms with Crippen LogP contribution in [0.5, 0.6) is 5.75 Å². The fourth-order valence-corrected chi connectivity index (χ4v) is 10.9. The van der Waals surface area contributed by atoms with Gasteiger partial charge in [-0.15, -0.1) is 0 Å². The van der Waals surface area contributed by atoms with Gasteiger partial charge in [0.05, 0.1) is 44.0 Å². The lowest BCUT2D eigenvalue weighted by molar-refractivity contribution is -0.884. The van der Waals surface area contributed by atoms with E-state index in [1.807, 2.05) is 66.7 Å². The molecule has 0 radical (unpaired) electrons. The molecule has 2 saturated heterocycles. The normalized spacial score (nSPS) is 22.4. The lowest BCUT2D eigenvalue weighted by Gasteiger charge is -2.50. The quantitative estimate of drug-likeness (QED) is 0.0876. The highest BCUT2D eigenvalue weighted by molar-refractivity contribution is 7.69. The van der Waals surface area contributed by atoms with Crippen LogP contribution < -0.4 is 26.0 Å². The van der Waals surface area contributed by atoms with Gasteiger partial charge in [0, 0.05) is 32.3 Å². The van der Waals surface area contributed by atoms with Gasteiger partial charge in [-0.05, 0) is 12.1 Å². The highest BCUT2D eigenvalue weighted by atomic mass is 31.1. The van der Waals surface area contributed by atoms with Gasteiger partial charge in [-0.1, -0.05) is 164 Å². The first-order valence-corrected chi connectivity index (χ1v) is 21.6. The van der Waals surface area contributed by atoms with Gasteiger partial charge in [0.2, 0.25) is 6.29 Å². The zero-order valence-corrected chi connectivity index (χ0v) is 33.7. The smallest absolute Gasteiger partial charge is 0.229 e. The molecule has 0 aliphatic carbocycles. The fraction of sp³-hybridized carbons (Fsp3) is 0.234. The van der Waals surface area contributed by atoms with Gasteiger partial charge in [0.15, 0.2) is 12.4 Å². The molecule has 2 fully saturated rings. The topological polar surface area (TPSA) is 55.4 Å². The Balaban J connectivity index is 1.27. The Morgan fingerprint density at radius 3 is 1.48 bits per heavy atom. The summed E-state index contributed by atoms with van der Waals surface area (Å²) in [5.74, 6) is 0.744. The number of rotatable bonds is 13. The zero-order chi connectivity index (χ0) is 38.3. The van der Waals surface area contributed by atoms with Crippen molar-refractivity contribution in [2.45, 2.75) is 43.5 Å². The lowest BCUT2D eigenvalue weighted by atomic mass is 9.97. The van der Waals surface area contributed by atoms with E-state index in [-0.39, 0.29) is 6.61 Å². The molecular weight excluding hydrogens is 736 g/mol. The summed E-state index contributed by atoms with van der Waals surface area (Å²) < 4.78 is 43.3. The van der Waals surface area contributed by atoms with Crippen molar-refractivity contribution < 1.29 is 32.5 Å². The molecule has 0 spiro atoms. The second-order valence-electron chi connectivity index (χ2n) is 15.0. The van der Waals surface area contributed by atoms with E-state index in [0.717, 1.165) is 49.1 Å². The molecule has 0 N–H and O–H groups in total. The molecule has 2 aliphatic rings. The first-order valence-electron chi connectivity index (χ1n) is 19.1. The molecule has 1 unspecified atom stereocenters. The summed E-state index contributed by atoms with van der Waals surface area (Å²) >= 11 is 0. The molecular formula is C47H48NO6P2+. The Kier molecular flexibility index (Phi) is 12.3. The van der Waals surface area contributed by atoms with E-state index in [2.05, 4.69) is 130 Å². The van der Waals surface area contributed by atoms with Crippen molar-refractivity contribution in [3.8, 4) is 5.75 Å². The molecule has 286 valence electrons. The number of quaternary nitrogens is 1. The van der Waals surface area contributed by atoms with Crippen molar-refractivity contribution in [3.05, 3.63) is 187 Å². The van der Waals surface area contributed by atoms with Crippen LogP contribution in [0.4, 0.5) is 0 Å². The molecule has 6 atom stereocenters. The summed E-state index contributed by atoms with van der Waals surface area (Å²) in [6, 6.07) is 60.0. The van der Waals surface area contributed by atoms with Crippen molar-refractivity contribution in [2.24, 2.45) is 0 Å². The van der Waals surface area contributed by atoms with E-state index in [0.29, 0.717) is 0 Å². The standard InChI is InChI=1S/C47H48NO6P2/c1-48(2,3)33-36-23-19-20-32-41(36)50-47-45(54-56(39-28-15-7-16-29-39)40-30-17-8-18-31-40)44(43-42(51-47)34-49-46(52-43)35-21-9-4-10-22-35)53-55(37-24-11-5-12-25-37)38-26-13-6-14-27-38/h4-32,42-47H,33-34H2,1-3H3/q+1/t42-,43-,44+,45-,46?,47-/m1/s1. The number of ether oxygens (including phenoxy) is 4.